The molecule has 0 fully saturated rings. The van der Waals surface area contributed by atoms with Gasteiger partial charge < -0.3 is 11.1 Å². The molecule has 0 aliphatic heterocycles. The van der Waals surface area contributed by atoms with Crippen molar-refractivity contribution in [3.8, 4) is 0 Å². The molecule has 0 bridgehead atoms. The number of hydrogen-bond acceptors (Lipinski definition) is 1. The van der Waals surface area contributed by atoms with Crippen LogP contribution in [0.25, 0.3) is 0 Å². The number of amides is 2. The number of hydrogen-bond donors (Lipinski definition) is 2. The maximum atomic E-state index is 10.4. The molecule has 0 saturated heterocycles. The first-order valence-electron chi connectivity index (χ1n) is 4.17. The molecular formula is C10H16N2O. The summed E-state index contributed by atoms with van der Waals surface area (Å²) < 4.78 is 0. The van der Waals surface area contributed by atoms with Crippen molar-refractivity contribution in [2.24, 2.45) is 5.73 Å². The van der Waals surface area contributed by atoms with Gasteiger partial charge in [0.25, 0.3) is 0 Å². The van der Waals surface area contributed by atoms with Crippen LogP contribution in [0.3, 0.4) is 0 Å². The monoisotopic (exact) mass is 180 g/mol. The van der Waals surface area contributed by atoms with Gasteiger partial charge in [-0.25, -0.2) is 4.79 Å². The zero-order chi connectivity index (χ0) is 10.1. The summed E-state index contributed by atoms with van der Waals surface area (Å²) in [5.74, 6) is 0. The second kappa shape index (κ2) is 7.16. The van der Waals surface area contributed by atoms with Crippen molar-refractivity contribution >= 4 is 6.03 Å². The van der Waals surface area contributed by atoms with Crippen molar-refractivity contribution in [1.29, 1.82) is 0 Å². The maximum absolute atomic E-state index is 10.4. The molecule has 0 radical (unpaired) electrons. The number of allylic oxidation sites excluding steroid dienone is 4. The maximum Gasteiger partial charge on any atom is 0.312 e. The summed E-state index contributed by atoms with van der Waals surface area (Å²) in [5, 5.41) is 2.58. The minimum atomic E-state index is -0.484. The highest BCUT2D eigenvalue weighted by atomic mass is 16.2. The zero-order valence-corrected chi connectivity index (χ0v) is 7.86. The summed E-state index contributed by atoms with van der Waals surface area (Å²) in [7, 11) is 0. The van der Waals surface area contributed by atoms with E-state index in [4.69, 9.17) is 5.73 Å². The standard InChI is InChI=1S/C10H16N2O/c1-3-4-5-6-7-8-9(2)12-10(11)13/h3-7,9H,1,8H2,2H3,(H3,11,12,13)/b5-4-,7-6-. The van der Waals surface area contributed by atoms with Crippen molar-refractivity contribution in [2.45, 2.75) is 19.4 Å². The molecule has 0 aromatic rings. The summed E-state index contributed by atoms with van der Waals surface area (Å²) in [4.78, 5) is 10.4. The number of carbonyl (C=O) groups is 1. The Kier molecular flexibility index (Phi) is 6.32. The summed E-state index contributed by atoms with van der Waals surface area (Å²) in [6.45, 7) is 5.43. The molecule has 13 heavy (non-hydrogen) atoms. The Labute approximate surface area is 79.0 Å². The van der Waals surface area contributed by atoms with Gasteiger partial charge in [-0.3, -0.25) is 0 Å². The van der Waals surface area contributed by atoms with Gasteiger partial charge in [0.05, 0.1) is 0 Å². The van der Waals surface area contributed by atoms with Crippen molar-refractivity contribution in [1.82, 2.24) is 5.32 Å². The number of nitrogens with two attached hydrogens (primary N) is 1. The first kappa shape index (κ1) is 11.5. The van der Waals surface area contributed by atoms with E-state index >= 15 is 0 Å². The zero-order valence-electron chi connectivity index (χ0n) is 7.86. The number of urea groups is 1. The molecule has 0 heterocycles. The average Bonchev–Trinajstić information content (AvgIpc) is 2.02. The Morgan fingerprint density at radius 3 is 2.77 bits per heavy atom. The Balaban J connectivity index is 3.62. The van der Waals surface area contributed by atoms with Gasteiger partial charge in [0.15, 0.2) is 0 Å². The van der Waals surface area contributed by atoms with Crippen LogP contribution >= 0.6 is 0 Å². The van der Waals surface area contributed by atoms with Gasteiger partial charge in [-0.05, 0) is 13.3 Å². The Hall–Kier alpha value is -1.51. The molecule has 72 valence electrons. The molecule has 0 aromatic carbocycles. The van der Waals surface area contributed by atoms with Crippen LogP contribution in [0.5, 0.6) is 0 Å². The second-order valence-corrected chi connectivity index (χ2v) is 2.69. The Bertz CT molecular complexity index is 219. The van der Waals surface area contributed by atoms with Crippen LogP contribution in [0.15, 0.2) is 37.0 Å². The minimum absolute atomic E-state index is 0.0749. The summed E-state index contributed by atoms with van der Waals surface area (Å²) in [6.07, 6.45) is 10.0. The topological polar surface area (TPSA) is 55.1 Å². The van der Waals surface area contributed by atoms with Crippen molar-refractivity contribution in [3.05, 3.63) is 37.0 Å². The van der Waals surface area contributed by atoms with E-state index in [0.29, 0.717) is 0 Å². The Morgan fingerprint density at radius 2 is 2.23 bits per heavy atom. The molecule has 3 heteroatoms. The van der Waals surface area contributed by atoms with Gasteiger partial charge in [-0.15, -0.1) is 0 Å². The van der Waals surface area contributed by atoms with E-state index in [0.717, 1.165) is 6.42 Å². The molecule has 1 unspecified atom stereocenters. The van der Waals surface area contributed by atoms with E-state index in [2.05, 4.69) is 11.9 Å². The molecule has 0 aliphatic rings. The van der Waals surface area contributed by atoms with E-state index in [9.17, 15) is 4.79 Å². The summed E-state index contributed by atoms with van der Waals surface area (Å²) >= 11 is 0. The van der Waals surface area contributed by atoms with Crippen LogP contribution in [-0.4, -0.2) is 12.1 Å². The van der Waals surface area contributed by atoms with E-state index in [1.807, 2.05) is 31.2 Å². The van der Waals surface area contributed by atoms with Gasteiger partial charge in [0.1, 0.15) is 0 Å². The van der Waals surface area contributed by atoms with Crippen LogP contribution in [0.2, 0.25) is 0 Å². The number of nitrogens with one attached hydrogen (secondary N) is 1. The highest BCUT2D eigenvalue weighted by Gasteiger charge is 1.99. The quantitative estimate of drug-likeness (QED) is 0.622. The molecule has 0 rings (SSSR count). The lowest BCUT2D eigenvalue weighted by Gasteiger charge is -2.07. The van der Waals surface area contributed by atoms with Gasteiger partial charge >= 0.3 is 6.03 Å². The Morgan fingerprint density at radius 1 is 1.54 bits per heavy atom. The first-order valence-corrected chi connectivity index (χ1v) is 4.17. The number of primary amides is 1. The molecule has 0 spiro atoms. The van der Waals surface area contributed by atoms with E-state index < -0.39 is 6.03 Å². The van der Waals surface area contributed by atoms with Crippen molar-refractivity contribution in [3.63, 3.8) is 0 Å². The lowest BCUT2D eigenvalue weighted by atomic mass is 10.2. The first-order chi connectivity index (χ1) is 6.16. The van der Waals surface area contributed by atoms with Crippen LogP contribution in [-0.2, 0) is 0 Å². The lowest BCUT2D eigenvalue weighted by molar-refractivity contribution is 0.246. The molecule has 0 aliphatic carbocycles. The number of rotatable bonds is 5. The van der Waals surface area contributed by atoms with Gasteiger partial charge in [-0.1, -0.05) is 37.0 Å². The van der Waals surface area contributed by atoms with E-state index in [-0.39, 0.29) is 6.04 Å². The van der Waals surface area contributed by atoms with Crippen LogP contribution < -0.4 is 11.1 Å². The minimum Gasteiger partial charge on any atom is -0.352 e. The summed E-state index contributed by atoms with van der Waals surface area (Å²) in [5.41, 5.74) is 4.94. The van der Waals surface area contributed by atoms with Gasteiger partial charge in [0, 0.05) is 6.04 Å². The molecule has 2 amide bonds. The van der Waals surface area contributed by atoms with Gasteiger partial charge in [0.2, 0.25) is 0 Å². The fourth-order valence-corrected chi connectivity index (χ4v) is 0.806. The largest absolute Gasteiger partial charge is 0.352 e. The predicted molar refractivity (Wildman–Crippen MR) is 55.3 cm³/mol. The highest BCUT2D eigenvalue weighted by molar-refractivity contribution is 5.71. The van der Waals surface area contributed by atoms with Crippen molar-refractivity contribution in [2.75, 3.05) is 0 Å². The molecule has 3 nitrogen and oxygen atoms in total. The van der Waals surface area contributed by atoms with Crippen LogP contribution in [0.1, 0.15) is 13.3 Å². The molecule has 1 atom stereocenters. The molecular weight excluding hydrogens is 164 g/mol. The van der Waals surface area contributed by atoms with E-state index in [1.54, 1.807) is 6.08 Å². The second-order valence-electron chi connectivity index (χ2n) is 2.69. The SMILES string of the molecule is C=C/C=C\C=C/CC(C)NC(N)=O. The third-order valence-electron chi connectivity index (χ3n) is 1.37. The number of carbonyl (C=O) groups excluding carboxylic acids is 1. The van der Waals surface area contributed by atoms with E-state index in [1.165, 1.54) is 0 Å². The third kappa shape index (κ3) is 8.40. The average molecular weight is 180 g/mol. The molecule has 3 N–H and O–H groups in total. The normalized spacial score (nSPS) is 13.3. The smallest absolute Gasteiger partial charge is 0.312 e. The van der Waals surface area contributed by atoms with Gasteiger partial charge in [-0.2, -0.15) is 0 Å². The fraction of sp³-hybridized carbons (Fsp3) is 0.300. The van der Waals surface area contributed by atoms with Crippen LogP contribution in [0, 0.1) is 0 Å². The van der Waals surface area contributed by atoms with Crippen molar-refractivity contribution < 1.29 is 4.79 Å². The molecule has 0 saturated carbocycles. The lowest BCUT2D eigenvalue weighted by Crippen LogP contribution is -2.36. The highest BCUT2D eigenvalue weighted by Crippen LogP contribution is 1.92. The fourth-order valence-electron chi connectivity index (χ4n) is 0.806. The van der Waals surface area contributed by atoms with Crippen LogP contribution in [0.4, 0.5) is 4.79 Å². The third-order valence-corrected chi connectivity index (χ3v) is 1.37. The summed E-state index contributed by atoms with van der Waals surface area (Å²) in [6, 6.07) is -0.409. The molecule has 0 aromatic heterocycles. The predicted octanol–water partition coefficient (Wildman–Crippen LogP) is 1.73.